The van der Waals surface area contributed by atoms with Crippen molar-refractivity contribution in [1.29, 1.82) is 0 Å². The summed E-state index contributed by atoms with van der Waals surface area (Å²) in [7, 11) is 0. The van der Waals surface area contributed by atoms with Gasteiger partial charge in [0.2, 0.25) is 0 Å². The van der Waals surface area contributed by atoms with Crippen LogP contribution >= 0.6 is 11.6 Å². The molecule has 4 heteroatoms. The lowest BCUT2D eigenvalue weighted by Gasteiger charge is -2.27. The number of nitrogens with zero attached hydrogens (tertiary/aromatic N) is 2. The number of fused-ring (bicyclic) bond motifs is 1. The van der Waals surface area contributed by atoms with Gasteiger partial charge in [-0.2, -0.15) is 0 Å². The van der Waals surface area contributed by atoms with Crippen LogP contribution < -0.4 is 5.73 Å². The Balaban J connectivity index is 2.50. The molecular formula is C11H18ClN3. The van der Waals surface area contributed by atoms with E-state index in [9.17, 15) is 0 Å². The highest BCUT2D eigenvalue weighted by molar-refractivity contribution is 6.30. The fraction of sp³-hybridized carbons (Fsp3) is 0.727. The lowest BCUT2D eigenvalue weighted by atomic mass is 10.0. The molecule has 0 saturated heterocycles. The Morgan fingerprint density at radius 1 is 1.60 bits per heavy atom. The highest BCUT2D eigenvalue weighted by Gasteiger charge is 2.26. The van der Waals surface area contributed by atoms with Crippen LogP contribution in [-0.4, -0.2) is 16.1 Å². The van der Waals surface area contributed by atoms with Gasteiger partial charge in [0.15, 0.2) is 5.15 Å². The van der Waals surface area contributed by atoms with E-state index in [1.807, 2.05) is 0 Å². The molecule has 2 heterocycles. The van der Waals surface area contributed by atoms with Crippen LogP contribution in [0.3, 0.4) is 0 Å². The number of hydrogen-bond acceptors (Lipinski definition) is 2. The van der Waals surface area contributed by atoms with Gasteiger partial charge in [0.25, 0.3) is 0 Å². The van der Waals surface area contributed by atoms with Crippen LogP contribution in [0.2, 0.25) is 5.15 Å². The van der Waals surface area contributed by atoms with Crippen LogP contribution in [-0.2, 0) is 6.42 Å². The maximum absolute atomic E-state index is 6.16. The van der Waals surface area contributed by atoms with Crippen LogP contribution in [0.5, 0.6) is 0 Å². The van der Waals surface area contributed by atoms with E-state index < -0.39 is 0 Å². The summed E-state index contributed by atoms with van der Waals surface area (Å²) >= 11 is 6.16. The van der Waals surface area contributed by atoms with E-state index >= 15 is 0 Å². The second-order valence-corrected chi connectivity index (χ2v) is 4.87. The largest absolute Gasteiger partial charge is 0.328 e. The lowest BCUT2D eigenvalue weighted by Crippen LogP contribution is -2.26. The minimum Gasteiger partial charge on any atom is -0.328 e. The molecule has 1 aromatic heterocycles. The first-order valence-electron chi connectivity index (χ1n) is 5.61. The van der Waals surface area contributed by atoms with Gasteiger partial charge in [-0.15, -0.1) is 0 Å². The first-order valence-corrected chi connectivity index (χ1v) is 5.99. The Labute approximate surface area is 95.6 Å². The molecule has 1 aromatic rings. The van der Waals surface area contributed by atoms with E-state index in [1.54, 1.807) is 0 Å². The molecule has 2 N–H and O–H groups in total. The van der Waals surface area contributed by atoms with Crippen molar-refractivity contribution in [3.05, 3.63) is 16.7 Å². The Morgan fingerprint density at radius 2 is 2.33 bits per heavy atom. The molecule has 1 aliphatic heterocycles. The van der Waals surface area contributed by atoms with Crippen molar-refractivity contribution < 1.29 is 0 Å². The molecule has 0 bridgehead atoms. The standard InChI is InChI=1S/C11H18ClN3/c1-7(2)11-14-10(12)9-5-3-4-8(6-13)15(9)11/h7-8H,3-6,13H2,1-2H3. The summed E-state index contributed by atoms with van der Waals surface area (Å²) < 4.78 is 2.27. The van der Waals surface area contributed by atoms with E-state index in [1.165, 1.54) is 12.1 Å². The second-order valence-electron chi connectivity index (χ2n) is 4.51. The molecule has 1 aliphatic rings. The Hall–Kier alpha value is -0.540. The van der Waals surface area contributed by atoms with Crippen molar-refractivity contribution in [2.75, 3.05) is 6.54 Å². The molecule has 0 fully saturated rings. The van der Waals surface area contributed by atoms with Crippen LogP contribution in [0, 0.1) is 0 Å². The van der Waals surface area contributed by atoms with Crippen LogP contribution in [0.25, 0.3) is 0 Å². The van der Waals surface area contributed by atoms with Crippen molar-refractivity contribution >= 4 is 11.6 Å². The van der Waals surface area contributed by atoms with Crippen molar-refractivity contribution in [3.8, 4) is 0 Å². The molecule has 3 nitrogen and oxygen atoms in total. The fourth-order valence-corrected chi connectivity index (χ4v) is 2.62. The number of imidazole rings is 1. The molecule has 0 aliphatic carbocycles. The summed E-state index contributed by atoms with van der Waals surface area (Å²) in [6.07, 6.45) is 3.36. The number of rotatable bonds is 2. The van der Waals surface area contributed by atoms with Gasteiger partial charge in [-0.05, 0) is 19.3 Å². The maximum Gasteiger partial charge on any atom is 0.150 e. The number of aromatic nitrogens is 2. The second kappa shape index (κ2) is 4.14. The third-order valence-corrected chi connectivity index (χ3v) is 3.40. The summed E-state index contributed by atoms with van der Waals surface area (Å²) in [5, 5.41) is 0.678. The van der Waals surface area contributed by atoms with E-state index in [2.05, 4.69) is 23.4 Å². The number of nitrogens with two attached hydrogens (primary N) is 1. The van der Waals surface area contributed by atoms with Crippen molar-refractivity contribution in [1.82, 2.24) is 9.55 Å². The number of hydrogen-bond donors (Lipinski definition) is 1. The summed E-state index contributed by atoms with van der Waals surface area (Å²) in [5.74, 6) is 1.49. The third kappa shape index (κ3) is 1.79. The summed E-state index contributed by atoms with van der Waals surface area (Å²) in [6.45, 7) is 4.97. The van der Waals surface area contributed by atoms with Crippen LogP contribution in [0.1, 0.15) is 50.2 Å². The van der Waals surface area contributed by atoms with E-state index in [-0.39, 0.29) is 0 Å². The quantitative estimate of drug-likeness (QED) is 0.844. The average Bonchev–Trinajstić information content (AvgIpc) is 2.56. The highest BCUT2D eigenvalue weighted by atomic mass is 35.5. The predicted octanol–water partition coefficient (Wildman–Crippen LogP) is 2.50. The Kier molecular flexibility index (Phi) is 3.03. The van der Waals surface area contributed by atoms with Gasteiger partial charge in [0.1, 0.15) is 5.82 Å². The Bertz CT molecular complexity index is 357. The lowest BCUT2D eigenvalue weighted by molar-refractivity contribution is 0.392. The van der Waals surface area contributed by atoms with Gasteiger partial charge in [-0.1, -0.05) is 25.4 Å². The van der Waals surface area contributed by atoms with Gasteiger partial charge in [0, 0.05) is 18.5 Å². The molecular weight excluding hydrogens is 210 g/mol. The van der Waals surface area contributed by atoms with Crippen molar-refractivity contribution in [2.24, 2.45) is 5.73 Å². The Morgan fingerprint density at radius 3 is 2.93 bits per heavy atom. The first-order chi connectivity index (χ1) is 7.15. The van der Waals surface area contributed by atoms with E-state index in [0.29, 0.717) is 23.7 Å². The predicted molar refractivity (Wildman–Crippen MR) is 62.4 cm³/mol. The van der Waals surface area contributed by atoms with Gasteiger partial charge < -0.3 is 10.3 Å². The zero-order valence-electron chi connectivity index (χ0n) is 9.33. The molecule has 84 valence electrons. The SMILES string of the molecule is CC(C)c1nc(Cl)c2n1C(CN)CCC2. The molecule has 0 spiro atoms. The summed E-state index contributed by atoms with van der Waals surface area (Å²) in [4.78, 5) is 4.46. The van der Waals surface area contributed by atoms with Gasteiger partial charge in [-0.3, -0.25) is 0 Å². The topological polar surface area (TPSA) is 43.8 Å². The van der Waals surface area contributed by atoms with Crippen molar-refractivity contribution in [3.63, 3.8) is 0 Å². The minimum atomic E-state index is 0.395. The highest BCUT2D eigenvalue weighted by Crippen LogP contribution is 2.33. The third-order valence-electron chi connectivity index (χ3n) is 3.09. The molecule has 0 amide bonds. The summed E-state index contributed by atoms with van der Waals surface area (Å²) in [6, 6.07) is 0.395. The van der Waals surface area contributed by atoms with Gasteiger partial charge >= 0.3 is 0 Å². The average molecular weight is 228 g/mol. The smallest absolute Gasteiger partial charge is 0.150 e. The molecule has 15 heavy (non-hydrogen) atoms. The fourth-order valence-electron chi connectivity index (χ4n) is 2.35. The van der Waals surface area contributed by atoms with Crippen molar-refractivity contribution in [2.45, 2.75) is 45.1 Å². The first kappa shape index (κ1) is 11.0. The van der Waals surface area contributed by atoms with E-state index in [4.69, 9.17) is 17.3 Å². The molecule has 0 radical (unpaired) electrons. The zero-order chi connectivity index (χ0) is 11.0. The molecule has 1 unspecified atom stereocenters. The van der Waals surface area contributed by atoms with Gasteiger partial charge in [0.05, 0.1) is 5.69 Å². The molecule has 1 atom stereocenters. The van der Waals surface area contributed by atoms with Gasteiger partial charge in [-0.25, -0.2) is 4.98 Å². The maximum atomic E-state index is 6.16. The summed E-state index contributed by atoms with van der Waals surface area (Å²) in [5.41, 5.74) is 6.99. The molecule has 0 saturated carbocycles. The molecule has 2 rings (SSSR count). The van der Waals surface area contributed by atoms with Crippen LogP contribution in [0.15, 0.2) is 0 Å². The van der Waals surface area contributed by atoms with E-state index in [0.717, 1.165) is 18.7 Å². The van der Waals surface area contributed by atoms with Crippen LogP contribution in [0.4, 0.5) is 0 Å². The minimum absolute atomic E-state index is 0.395. The monoisotopic (exact) mass is 227 g/mol. The zero-order valence-corrected chi connectivity index (χ0v) is 10.1. The molecule has 0 aromatic carbocycles. The number of halogens is 1. The normalized spacial score (nSPS) is 20.7.